The number of amides is 1. The third-order valence-electron chi connectivity index (χ3n) is 4.09. The van der Waals surface area contributed by atoms with Gasteiger partial charge in [-0.15, -0.1) is 0 Å². The predicted octanol–water partition coefficient (Wildman–Crippen LogP) is 4.17. The van der Waals surface area contributed by atoms with Gasteiger partial charge in [0.2, 0.25) is 0 Å². The first-order valence-corrected chi connectivity index (χ1v) is 8.59. The lowest BCUT2D eigenvalue weighted by Crippen LogP contribution is -2.30. The van der Waals surface area contributed by atoms with Gasteiger partial charge in [0.15, 0.2) is 5.69 Å². The SMILES string of the molecule is CC(Cc1ccc(NC(=O)c2cnn(C(C)(C)C)c2C(F)(F)F)cc1)C(=O)O. The number of halogens is 3. The summed E-state index contributed by atoms with van der Waals surface area (Å²) in [5.74, 6) is -2.42. The van der Waals surface area contributed by atoms with Crippen LogP contribution in [0.25, 0.3) is 0 Å². The minimum atomic E-state index is -4.74. The van der Waals surface area contributed by atoms with Gasteiger partial charge in [0.1, 0.15) is 0 Å². The van der Waals surface area contributed by atoms with Gasteiger partial charge in [-0.2, -0.15) is 18.3 Å². The summed E-state index contributed by atoms with van der Waals surface area (Å²) in [7, 11) is 0. The third kappa shape index (κ3) is 4.90. The number of nitrogens with zero attached hydrogens (tertiary/aromatic N) is 2. The maximum absolute atomic E-state index is 13.5. The molecule has 0 fully saturated rings. The Kier molecular flexibility index (Phi) is 5.86. The summed E-state index contributed by atoms with van der Waals surface area (Å²) in [6, 6.07) is 6.28. The van der Waals surface area contributed by atoms with Crippen LogP contribution in [0, 0.1) is 5.92 Å². The van der Waals surface area contributed by atoms with Crippen molar-refractivity contribution in [1.29, 1.82) is 0 Å². The summed E-state index contributed by atoms with van der Waals surface area (Å²) in [4.78, 5) is 23.3. The largest absolute Gasteiger partial charge is 0.481 e. The van der Waals surface area contributed by atoms with Gasteiger partial charge >= 0.3 is 12.1 Å². The molecule has 6 nitrogen and oxygen atoms in total. The minimum absolute atomic E-state index is 0.299. The van der Waals surface area contributed by atoms with Crippen LogP contribution < -0.4 is 5.32 Å². The molecular weight excluding hydrogens is 375 g/mol. The average Bonchev–Trinajstić information content (AvgIpc) is 3.02. The van der Waals surface area contributed by atoms with Crippen molar-refractivity contribution in [2.45, 2.75) is 45.8 Å². The van der Waals surface area contributed by atoms with Gasteiger partial charge in [-0.25, -0.2) is 0 Å². The van der Waals surface area contributed by atoms with Crippen molar-refractivity contribution >= 4 is 17.6 Å². The fraction of sp³-hybridized carbons (Fsp3) is 0.421. The highest BCUT2D eigenvalue weighted by atomic mass is 19.4. The van der Waals surface area contributed by atoms with Gasteiger partial charge in [0.05, 0.1) is 23.2 Å². The van der Waals surface area contributed by atoms with Crippen LogP contribution >= 0.6 is 0 Å². The topological polar surface area (TPSA) is 84.2 Å². The number of carboxylic acid groups (broad SMARTS) is 1. The first-order valence-electron chi connectivity index (χ1n) is 8.59. The molecule has 2 rings (SSSR count). The van der Waals surface area contributed by atoms with Crippen molar-refractivity contribution in [2.75, 3.05) is 5.32 Å². The van der Waals surface area contributed by atoms with Gasteiger partial charge in [-0.3, -0.25) is 14.3 Å². The fourth-order valence-corrected chi connectivity index (χ4v) is 2.66. The molecule has 1 atom stereocenters. The molecular formula is C19H22F3N3O3. The zero-order valence-electron chi connectivity index (χ0n) is 16.0. The number of rotatable bonds is 5. The molecule has 9 heteroatoms. The van der Waals surface area contributed by atoms with Gasteiger partial charge in [0.25, 0.3) is 5.91 Å². The zero-order chi connectivity index (χ0) is 21.3. The van der Waals surface area contributed by atoms with E-state index < -0.39 is 40.8 Å². The van der Waals surface area contributed by atoms with E-state index in [1.54, 1.807) is 39.8 Å². The Hall–Kier alpha value is -2.84. The van der Waals surface area contributed by atoms with Crippen molar-refractivity contribution in [3.8, 4) is 0 Å². The van der Waals surface area contributed by atoms with Crippen LogP contribution in [0.1, 0.15) is 49.3 Å². The Balaban J connectivity index is 2.24. The molecule has 0 aliphatic carbocycles. The molecule has 1 aromatic heterocycles. The highest BCUT2D eigenvalue weighted by Gasteiger charge is 2.42. The Labute approximate surface area is 160 Å². The van der Waals surface area contributed by atoms with Gasteiger partial charge in [-0.05, 0) is 44.9 Å². The maximum Gasteiger partial charge on any atom is 0.433 e. The Bertz CT molecular complexity index is 865. The molecule has 0 radical (unpaired) electrons. The molecule has 0 aliphatic heterocycles. The first-order chi connectivity index (χ1) is 12.8. The van der Waals surface area contributed by atoms with Crippen molar-refractivity contribution in [1.82, 2.24) is 9.78 Å². The van der Waals surface area contributed by atoms with E-state index in [2.05, 4.69) is 10.4 Å². The fourth-order valence-electron chi connectivity index (χ4n) is 2.66. The van der Waals surface area contributed by atoms with E-state index in [9.17, 15) is 22.8 Å². The second kappa shape index (κ2) is 7.65. The van der Waals surface area contributed by atoms with Crippen LogP contribution in [0.4, 0.5) is 18.9 Å². The van der Waals surface area contributed by atoms with Gasteiger partial charge in [0, 0.05) is 5.69 Å². The number of hydrogen-bond donors (Lipinski definition) is 2. The first kappa shape index (κ1) is 21.5. The molecule has 0 saturated carbocycles. The van der Waals surface area contributed by atoms with Crippen LogP contribution in [-0.2, 0) is 22.9 Å². The molecule has 2 aromatic rings. The van der Waals surface area contributed by atoms with E-state index in [-0.39, 0.29) is 0 Å². The number of anilines is 1. The van der Waals surface area contributed by atoms with E-state index in [1.807, 2.05) is 0 Å². The third-order valence-corrected chi connectivity index (χ3v) is 4.09. The molecule has 2 N–H and O–H groups in total. The lowest BCUT2D eigenvalue weighted by atomic mass is 10.0. The second-order valence-corrected chi connectivity index (χ2v) is 7.58. The van der Waals surface area contributed by atoms with Crippen LogP contribution in [0.3, 0.4) is 0 Å². The number of hydrogen-bond acceptors (Lipinski definition) is 3. The summed E-state index contributed by atoms with van der Waals surface area (Å²) in [6.45, 7) is 6.26. The standard InChI is InChI=1S/C19H22F3N3O3/c1-11(17(27)28)9-12-5-7-13(8-6-12)24-16(26)14-10-23-25(18(2,3)4)15(14)19(20,21)22/h5-8,10-11H,9H2,1-4H3,(H,24,26)(H,27,28). The molecule has 1 amide bonds. The van der Waals surface area contributed by atoms with Gasteiger partial charge < -0.3 is 10.4 Å². The number of carbonyl (C=O) groups is 2. The zero-order valence-corrected chi connectivity index (χ0v) is 16.0. The second-order valence-electron chi connectivity index (χ2n) is 7.58. The highest BCUT2D eigenvalue weighted by Crippen LogP contribution is 2.35. The monoisotopic (exact) mass is 397 g/mol. The molecule has 0 saturated heterocycles. The molecule has 1 unspecified atom stereocenters. The number of benzene rings is 1. The molecule has 1 heterocycles. The van der Waals surface area contributed by atoms with Gasteiger partial charge in [-0.1, -0.05) is 19.1 Å². The lowest BCUT2D eigenvalue weighted by molar-refractivity contribution is -0.146. The molecule has 0 bridgehead atoms. The number of alkyl halides is 3. The normalized spacial score (nSPS) is 13.2. The molecule has 0 aliphatic rings. The minimum Gasteiger partial charge on any atom is -0.481 e. The lowest BCUT2D eigenvalue weighted by Gasteiger charge is -2.23. The van der Waals surface area contributed by atoms with E-state index in [4.69, 9.17) is 5.11 Å². The number of aromatic nitrogens is 2. The van der Waals surface area contributed by atoms with Crippen LogP contribution in [0.2, 0.25) is 0 Å². The average molecular weight is 397 g/mol. The van der Waals surface area contributed by atoms with Crippen LogP contribution in [0.5, 0.6) is 0 Å². The molecule has 28 heavy (non-hydrogen) atoms. The quantitative estimate of drug-likeness (QED) is 0.793. The Morgan fingerprint density at radius 1 is 1.18 bits per heavy atom. The van der Waals surface area contributed by atoms with Crippen molar-refractivity contribution in [3.05, 3.63) is 47.3 Å². The Morgan fingerprint density at radius 3 is 2.21 bits per heavy atom. The highest BCUT2D eigenvalue weighted by molar-refractivity contribution is 6.05. The number of aliphatic carboxylic acids is 1. The summed E-state index contributed by atoms with van der Waals surface area (Å²) in [6.07, 6.45) is -3.53. The Morgan fingerprint density at radius 2 is 1.75 bits per heavy atom. The number of carboxylic acids is 1. The molecule has 0 spiro atoms. The van der Waals surface area contributed by atoms with Crippen LogP contribution in [-0.4, -0.2) is 26.8 Å². The summed E-state index contributed by atoms with van der Waals surface area (Å²) in [5.41, 5.74) is -1.58. The summed E-state index contributed by atoms with van der Waals surface area (Å²) >= 11 is 0. The smallest absolute Gasteiger partial charge is 0.433 e. The van der Waals surface area contributed by atoms with Crippen molar-refractivity contribution in [2.24, 2.45) is 5.92 Å². The predicted molar refractivity (Wildman–Crippen MR) is 97.1 cm³/mol. The van der Waals surface area contributed by atoms with Crippen LogP contribution in [0.15, 0.2) is 30.5 Å². The van der Waals surface area contributed by atoms with E-state index >= 15 is 0 Å². The number of carbonyl (C=O) groups excluding carboxylic acids is 1. The molecule has 1 aromatic carbocycles. The molecule has 152 valence electrons. The van der Waals surface area contributed by atoms with E-state index in [0.717, 1.165) is 16.4 Å². The van der Waals surface area contributed by atoms with Crippen molar-refractivity contribution < 1.29 is 27.9 Å². The van der Waals surface area contributed by atoms with E-state index in [1.165, 1.54) is 12.1 Å². The van der Waals surface area contributed by atoms with E-state index in [0.29, 0.717) is 12.1 Å². The summed E-state index contributed by atoms with van der Waals surface area (Å²) in [5, 5.41) is 15.1. The maximum atomic E-state index is 13.5. The summed E-state index contributed by atoms with van der Waals surface area (Å²) < 4.78 is 41.4. The number of nitrogens with one attached hydrogen (secondary N) is 1. The van der Waals surface area contributed by atoms with Crippen molar-refractivity contribution in [3.63, 3.8) is 0 Å².